The van der Waals surface area contributed by atoms with E-state index in [9.17, 15) is 158 Å². The number of hydrogen-bond acceptors (Lipinski definition) is 12. The van der Waals surface area contributed by atoms with Gasteiger partial charge in [-0.05, 0) is 28.5 Å². The van der Waals surface area contributed by atoms with Crippen molar-refractivity contribution in [1.29, 1.82) is 0 Å². The molecule has 720 valence electrons. The summed E-state index contributed by atoms with van der Waals surface area (Å²) in [4.78, 5) is 0. The summed E-state index contributed by atoms with van der Waals surface area (Å²) in [6, 6.07) is 9.83. The van der Waals surface area contributed by atoms with Gasteiger partial charge in [0.15, 0.2) is 0 Å². The molecular formula is C48H24Cu12F36N24. The monoisotopic (exact) mass is 2380 g/mol. The number of halogens is 36. The van der Waals surface area contributed by atoms with Crippen LogP contribution in [0.4, 0.5) is 158 Å². The van der Waals surface area contributed by atoms with Gasteiger partial charge in [0.2, 0.25) is 0 Å². The first-order valence-corrected chi connectivity index (χ1v) is 25.4. The SMILES string of the molecule is FC(F)(F)c1cc[n-]n1.FC(F)(F)c1cc[n-]n1.FC(F)(F)c1cc[n-]n1.FC(F)(F)c1cc[n-]n1.FC(F)(F)c1cc[n-]n1.FC(F)(F)c1cc[n-]n1.FC(F)(F)c1cc[n-]n1.FC(F)(F)c1ccn[n-]1.FC(F)(F)c1ccn[n-]1.FC(F)(F)c1ccn[n-]1.FC(F)(F)c1ccn[n-]1.FC(F)(F)c1ccn[n-]1.[Cu+].[Cu+].[Cu+].[Cu+].[Cu+].[Cu+].[Cu+].[Cu+].[Cu+].[Cu+].[Cu+].[Cu+]. The van der Waals surface area contributed by atoms with Crippen LogP contribution in [-0.2, 0) is 279 Å². The van der Waals surface area contributed by atoms with Crippen LogP contribution in [0.2, 0.25) is 0 Å². The summed E-state index contributed by atoms with van der Waals surface area (Å²) in [5.41, 5.74) is -11.3. The second-order valence-electron chi connectivity index (χ2n) is 17.0. The Morgan fingerprint density at radius 1 is 0.150 bits per heavy atom. The second-order valence-corrected chi connectivity index (χ2v) is 17.0. The van der Waals surface area contributed by atoms with E-state index in [0.717, 1.165) is 147 Å². The Labute approximate surface area is 768 Å². The quantitative estimate of drug-likeness (QED) is 0.101. The summed E-state index contributed by atoms with van der Waals surface area (Å²) >= 11 is 0. The molecule has 0 amide bonds. The normalized spacial score (nSPS) is 10.7. The van der Waals surface area contributed by atoms with Gasteiger partial charge in [-0.1, -0.05) is 72.8 Å². The third kappa shape index (κ3) is 61.5. The summed E-state index contributed by atoms with van der Waals surface area (Å²) in [6.45, 7) is 0. The predicted molar refractivity (Wildman–Crippen MR) is 271 cm³/mol. The van der Waals surface area contributed by atoms with Crippen molar-refractivity contribution in [3.05, 3.63) is 215 Å². The summed E-state index contributed by atoms with van der Waals surface area (Å²) in [6.07, 6.45) is -40.2. The van der Waals surface area contributed by atoms with Crippen LogP contribution in [0.3, 0.4) is 0 Å². The van der Waals surface area contributed by atoms with E-state index in [4.69, 9.17) is 0 Å². The van der Waals surface area contributed by atoms with Crippen LogP contribution in [0.25, 0.3) is 0 Å². The molecule has 0 N–H and O–H groups in total. The molecule has 24 nitrogen and oxygen atoms in total. The Morgan fingerprint density at radius 2 is 0.250 bits per heavy atom. The maximum atomic E-state index is 11.5. The van der Waals surface area contributed by atoms with E-state index < -0.39 is 142 Å². The molecule has 12 aromatic rings. The number of rotatable bonds is 0. The van der Waals surface area contributed by atoms with Gasteiger partial charge in [-0.3, -0.25) is 0 Å². The zero-order chi connectivity index (χ0) is 82.9. The maximum Gasteiger partial charge on any atom is 1.00 e. The number of nitrogens with zero attached hydrogens (tertiary/aromatic N) is 24. The molecule has 0 saturated heterocycles. The van der Waals surface area contributed by atoms with Gasteiger partial charge in [-0.15, -0.1) is 0 Å². The van der Waals surface area contributed by atoms with Crippen LogP contribution in [-0.4, -0.2) is 61.2 Å². The van der Waals surface area contributed by atoms with Crippen LogP contribution in [0, 0.1) is 0 Å². The fourth-order valence-electron chi connectivity index (χ4n) is 4.61. The largest absolute Gasteiger partial charge is 1.00 e. The van der Waals surface area contributed by atoms with Crippen LogP contribution in [0.1, 0.15) is 68.3 Å². The fourth-order valence-corrected chi connectivity index (χ4v) is 4.61. The van der Waals surface area contributed by atoms with Gasteiger partial charge in [-0.2, -0.15) is 201 Å². The van der Waals surface area contributed by atoms with E-state index in [1.165, 1.54) is 0 Å². The molecule has 0 fully saturated rings. The molecule has 12 heterocycles. The average Bonchev–Trinajstić information content (AvgIpc) is 1.89. The Morgan fingerprint density at radius 3 is 0.283 bits per heavy atom. The first kappa shape index (κ1) is 140. The van der Waals surface area contributed by atoms with Crippen LogP contribution in [0.5, 0.6) is 0 Å². The van der Waals surface area contributed by atoms with Crippen molar-refractivity contribution >= 4 is 0 Å². The van der Waals surface area contributed by atoms with E-state index in [1.807, 2.05) is 0 Å². The minimum atomic E-state index is -4.35. The van der Waals surface area contributed by atoms with Crippen molar-refractivity contribution < 1.29 is 363 Å². The zero-order valence-electron chi connectivity index (χ0n) is 53.8. The Balaban J connectivity index is -0.000000105. The van der Waals surface area contributed by atoms with E-state index in [2.05, 4.69) is 122 Å². The van der Waals surface area contributed by atoms with E-state index in [-0.39, 0.29) is 205 Å². The molecule has 0 unspecified atom stereocenters. The summed E-state index contributed by atoms with van der Waals surface area (Å²) in [5, 5.41) is 70.0. The standard InChI is InChI=1S/12C4H2F3N2.12Cu/c12*5-4(6,7)3-1-2-8-9-3;;;;;;;;;;;;/h12*1-2H;;;;;;;;;;;;/q12*-1;12*+1. The first-order valence-electron chi connectivity index (χ1n) is 25.4. The molecule has 0 saturated carbocycles. The van der Waals surface area contributed by atoms with Crippen molar-refractivity contribution in [1.82, 2.24) is 122 Å². The molecule has 72 heteroatoms. The number of hydrogen-bond donors (Lipinski definition) is 0. The van der Waals surface area contributed by atoms with Crippen molar-refractivity contribution in [2.75, 3.05) is 0 Å². The smallest absolute Gasteiger partial charge is 0.581 e. The van der Waals surface area contributed by atoms with E-state index >= 15 is 0 Å². The van der Waals surface area contributed by atoms with Crippen LogP contribution in [0.15, 0.2) is 147 Å². The fraction of sp³-hybridized carbons (Fsp3) is 0.250. The summed E-state index contributed by atoms with van der Waals surface area (Å²) in [7, 11) is 0. The topological polar surface area (TPSA) is 324 Å². The van der Waals surface area contributed by atoms with Crippen LogP contribution >= 0.6 is 0 Å². The predicted octanol–water partition coefficient (Wildman–Crippen LogP) is 12.7. The minimum absolute atomic E-state index is 0. The zero-order valence-corrected chi connectivity index (χ0v) is 65.1. The van der Waals surface area contributed by atoms with Gasteiger partial charge in [0.1, 0.15) is 39.9 Å². The third-order valence-corrected chi connectivity index (χ3v) is 9.06. The molecule has 0 radical (unpaired) electrons. The summed E-state index contributed by atoms with van der Waals surface area (Å²) < 4.78 is 415. The van der Waals surface area contributed by atoms with E-state index in [0.29, 0.717) is 0 Å². The second kappa shape index (κ2) is 63.2. The van der Waals surface area contributed by atoms with Gasteiger partial charge >= 0.3 is 279 Å². The summed E-state index contributed by atoms with van der Waals surface area (Å²) in [5.74, 6) is 0. The molecule has 0 aliphatic rings. The molecule has 0 spiro atoms. The van der Waals surface area contributed by atoms with Crippen molar-refractivity contribution in [2.24, 2.45) is 0 Å². The van der Waals surface area contributed by atoms with Gasteiger partial charge in [0.05, 0.1) is 0 Å². The van der Waals surface area contributed by atoms with Crippen molar-refractivity contribution in [3.8, 4) is 0 Å². The molecule has 120 heavy (non-hydrogen) atoms. The van der Waals surface area contributed by atoms with Gasteiger partial charge in [-0.25, -0.2) is 0 Å². The molecule has 0 bridgehead atoms. The van der Waals surface area contributed by atoms with Crippen molar-refractivity contribution in [2.45, 2.75) is 74.1 Å². The molecule has 12 aromatic heterocycles. The molecular weight excluding hydrogens is 2360 g/mol. The third-order valence-electron chi connectivity index (χ3n) is 9.06. The first-order chi connectivity index (χ1) is 49.3. The Hall–Kier alpha value is -5.77. The van der Waals surface area contributed by atoms with Gasteiger partial charge < -0.3 is 122 Å². The van der Waals surface area contributed by atoms with Gasteiger partial charge in [0.25, 0.3) is 0 Å². The van der Waals surface area contributed by atoms with Crippen LogP contribution < -0.4 is 61.2 Å². The minimum Gasteiger partial charge on any atom is -0.581 e. The maximum absolute atomic E-state index is 11.5. The van der Waals surface area contributed by atoms with Crippen molar-refractivity contribution in [3.63, 3.8) is 0 Å². The Kier molecular flexibility index (Phi) is 73.8. The molecule has 0 aliphatic heterocycles. The number of aromatic nitrogens is 24. The molecule has 0 aromatic carbocycles. The Bertz CT molecular complexity index is 3120. The van der Waals surface area contributed by atoms with E-state index in [1.54, 1.807) is 0 Å². The molecule has 0 aliphatic carbocycles. The molecule has 0 atom stereocenters. The average molecular weight is 2380 g/mol. The molecule has 12 rings (SSSR count). The number of alkyl halides is 36. The van der Waals surface area contributed by atoms with Gasteiger partial charge in [0, 0.05) is 31.0 Å².